The van der Waals surface area contributed by atoms with Crippen LogP contribution in [0.5, 0.6) is 0 Å². The maximum atomic E-state index is 11.6. The molecule has 1 aromatic rings. The Bertz CT molecular complexity index is 538. The summed E-state index contributed by atoms with van der Waals surface area (Å²) in [6, 6.07) is 6.25. The molecule has 0 saturated carbocycles. The lowest BCUT2D eigenvalue weighted by molar-refractivity contribution is 0.103. The molecule has 0 radical (unpaired) electrons. The molecule has 0 unspecified atom stereocenters. The molecule has 0 amide bonds. The van der Waals surface area contributed by atoms with Gasteiger partial charge in [0.1, 0.15) is 0 Å². The van der Waals surface area contributed by atoms with E-state index in [0.29, 0.717) is 0 Å². The highest BCUT2D eigenvalue weighted by Gasteiger charge is 2.26. The standard InChI is InChI=1S/C10H8O3S/c1-7-6-14(12,13)9-5-3-2-4-8(9)10(7)11/h2-6H,1H3. The lowest BCUT2D eigenvalue weighted by atomic mass is 10.1. The Balaban J connectivity index is 2.84. The average Bonchev–Trinajstić information content (AvgIpc) is 2.14. The number of rotatable bonds is 0. The second-order valence-electron chi connectivity index (χ2n) is 3.17. The molecule has 1 heterocycles. The Hall–Kier alpha value is -1.42. The van der Waals surface area contributed by atoms with Gasteiger partial charge in [0.25, 0.3) is 0 Å². The molecule has 0 aliphatic carbocycles. The lowest BCUT2D eigenvalue weighted by Crippen LogP contribution is -2.15. The van der Waals surface area contributed by atoms with Gasteiger partial charge in [0.05, 0.1) is 4.90 Å². The molecular weight excluding hydrogens is 200 g/mol. The molecular formula is C10H8O3S. The second-order valence-corrected chi connectivity index (χ2v) is 4.94. The van der Waals surface area contributed by atoms with E-state index < -0.39 is 9.84 Å². The highest BCUT2D eigenvalue weighted by molar-refractivity contribution is 7.94. The zero-order valence-electron chi connectivity index (χ0n) is 7.52. The summed E-state index contributed by atoms with van der Waals surface area (Å²) in [5.74, 6) is -0.213. The Morgan fingerprint density at radius 2 is 1.79 bits per heavy atom. The van der Waals surface area contributed by atoms with Crippen molar-refractivity contribution in [3.05, 3.63) is 40.8 Å². The number of allylic oxidation sites excluding steroid dienone is 1. The second kappa shape index (κ2) is 2.78. The van der Waals surface area contributed by atoms with Crippen molar-refractivity contribution in [1.29, 1.82) is 0 Å². The number of benzene rings is 1. The molecule has 0 saturated heterocycles. The van der Waals surface area contributed by atoms with Gasteiger partial charge in [-0.15, -0.1) is 0 Å². The van der Waals surface area contributed by atoms with E-state index in [-0.39, 0.29) is 21.8 Å². The van der Waals surface area contributed by atoms with Crippen LogP contribution < -0.4 is 0 Å². The van der Waals surface area contributed by atoms with E-state index in [1.54, 1.807) is 12.1 Å². The van der Waals surface area contributed by atoms with Gasteiger partial charge in [-0.25, -0.2) is 8.42 Å². The van der Waals surface area contributed by atoms with Crippen LogP contribution in [0.4, 0.5) is 0 Å². The summed E-state index contributed by atoms with van der Waals surface area (Å²) in [7, 11) is -3.41. The molecule has 14 heavy (non-hydrogen) atoms. The molecule has 2 rings (SSSR count). The number of carbonyl (C=O) groups is 1. The molecule has 0 aromatic heterocycles. The van der Waals surface area contributed by atoms with E-state index in [1.165, 1.54) is 19.1 Å². The van der Waals surface area contributed by atoms with Crippen molar-refractivity contribution >= 4 is 15.6 Å². The Kier molecular flexibility index (Phi) is 1.82. The predicted molar refractivity (Wildman–Crippen MR) is 51.7 cm³/mol. The fraction of sp³-hybridized carbons (Fsp3) is 0.100. The summed E-state index contributed by atoms with van der Waals surface area (Å²) in [5, 5.41) is 1.03. The molecule has 1 aliphatic heterocycles. The van der Waals surface area contributed by atoms with Crippen LogP contribution in [-0.2, 0) is 9.84 Å². The zero-order valence-corrected chi connectivity index (χ0v) is 8.34. The van der Waals surface area contributed by atoms with E-state index >= 15 is 0 Å². The number of hydrogen-bond donors (Lipinski definition) is 0. The van der Waals surface area contributed by atoms with Crippen molar-refractivity contribution in [1.82, 2.24) is 0 Å². The molecule has 4 heteroatoms. The third-order valence-corrected chi connectivity index (χ3v) is 3.76. The van der Waals surface area contributed by atoms with Gasteiger partial charge in [0, 0.05) is 16.5 Å². The Labute approximate surface area is 82.0 Å². The molecule has 1 aromatic carbocycles. The molecule has 0 spiro atoms. The monoisotopic (exact) mass is 208 g/mol. The van der Waals surface area contributed by atoms with Crippen LogP contribution in [-0.4, -0.2) is 14.2 Å². The molecule has 0 fully saturated rings. The number of fused-ring (bicyclic) bond motifs is 1. The number of ketones is 1. The maximum absolute atomic E-state index is 11.6. The summed E-state index contributed by atoms with van der Waals surface area (Å²) >= 11 is 0. The molecule has 0 N–H and O–H groups in total. The summed E-state index contributed by atoms with van der Waals surface area (Å²) < 4.78 is 23.2. The van der Waals surface area contributed by atoms with E-state index in [0.717, 1.165) is 5.41 Å². The Morgan fingerprint density at radius 3 is 2.50 bits per heavy atom. The third-order valence-electron chi connectivity index (χ3n) is 2.13. The van der Waals surface area contributed by atoms with Gasteiger partial charge in [0.15, 0.2) is 5.78 Å². The number of hydrogen-bond acceptors (Lipinski definition) is 3. The van der Waals surface area contributed by atoms with Crippen molar-refractivity contribution in [2.24, 2.45) is 0 Å². The smallest absolute Gasteiger partial charge is 0.200 e. The molecule has 0 atom stereocenters. The van der Waals surface area contributed by atoms with Gasteiger partial charge < -0.3 is 0 Å². The minimum atomic E-state index is -3.41. The maximum Gasteiger partial charge on any atom is 0.200 e. The van der Waals surface area contributed by atoms with Crippen LogP contribution in [0.1, 0.15) is 17.3 Å². The first-order chi connectivity index (χ1) is 6.52. The third kappa shape index (κ3) is 1.19. The number of sulfone groups is 1. The SMILES string of the molecule is CC1=CS(=O)(=O)c2ccccc2C1=O. The van der Waals surface area contributed by atoms with Crippen LogP contribution in [0.25, 0.3) is 0 Å². The van der Waals surface area contributed by atoms with Gasteiger partial charge >= 0.3 is 0 Å². The van der Waals surface area contributed by atoms with Crippen molar-refractivity contribution in [3.63, 3.8) is 0 Å². The fourth-order valence-corrected chi connectivity index (χ4v) is 2.90. The van der Waals surface area contributed by atoms with Crippen LogP contribution in [0.2, 0.25) is 0 Å². The first kappa shape index (κ1) is 9.15. The fourth-order valence-electron chi connectivity index (χ4n) is 1.46. The van der Waals surface area contributed by atoms with Gasteiger partial charge in [-0.3, -0.25) is 4.79 Å². The quantitative estimate of drug-likeness (QED) is 0.650. The zero-order chi connectivity index (χ0) is 10.3. The number of carbonyl (C=O) groups excluding carboxylic acids is 1. The van der Waals surface area contributed by atoms with Crippen LogP contribution >= 0.6 is 0 Å². The highest BCUT2D eigenvalue weighted by atomic mass is 32.2. The molecule has 72 valence electrons. The van der Waals surface area contributed by atoms with Crippen molar-refractivity contribution in [3.8, 4) is 0 Å². The van der Waals surface area contributed by atoms with E-state index in [2.05, 4.69) is 0 Å². The van der Waals surface area contributed by atoms with Crippen LogP contribution in [0, 0.1) is 0 Å². The normalized spacial score (nSPS) is 18.6. The highest BCUT2D eigenvalue weighted by Crippen LogP contribution is 2.26. The first-order valence-corrected chi connectivity index (χ1v) is 5.64. The summed E-state index contributed by atoms with van der Waals surface area (Å²) in [6.07, 6.45) is 0. The largest absolute Gasteiger partial charge is 0.289 e. The molecule has 1 aliphatic rings. The summed E-state index contributed by atoms with van der Waals surface area (Å²) in [5.41, 5.74) is 0.538. The summed E-state index contributed by atoms with van der Waals surface area (Å²) in [4.78, 5) is 11.7. The lowest BCUT2D eigenvalue weighted by Gasteiger charge is -2.12. The minimum Gasteiger partial charge on any atom is -0.289 e. The van der Waals surface area contributed by atoms with Gasteiger partial charge in [-0.1, -0.05) is 12.1 Å². The topological polar surface area (TPSA) is 51.2 Å². The van der Waals surface area contributed by atoms with E-state index in [4.69, 9.17) is 0 Å². The van der Waals surface area contributed by atoms with Gasteiger partial charge in [-0.2, -0.15) is 0 Å². The Morgan fingerprint density at radius 1 is 1.14 bits per heavy atom. The van der Waals surface area contributed by atoms with Gasteiger partial charge in [-0.05, 0) is 19.1 Å². The van der Waals surface area contributed by atoms with Gasteiger partial charge in [0.2, 0.25) is 9.84 Å². The average molecular weight is 208 g/mol. The number of Topliss-reactive ketones (excluding diaryl/α,β-unsaturated/α-hetero) is 1. The van der Waals surface area contributed by atoms with E-state index in [9.17, 15) is 13.2 Å². The molecule has 0 bridgehead atoms. The molecule has 3 nitrogen and oxygen atoms in total. The van der Waals surface area contributed by atoms with E-state index in [1.807, 2.05) is 0 Å². The minimum absolute atomic E-state index is 0.107. The van der Waals surface area contributed by atoms with Crippen molar-refractivity contribution in [2.45, 2.75) is 11.8 Å². The van der Waals surface area contributed by atoms with Crippen molar-refractivity contribution < 1.29 is 13.2 Å². The first-order valence-electron chi connectivity index (χ1n) is 4.09. The van der Waals surface area contributed by atoms with Crippen LogP contribution in [0.15, 0.2) is 40.1 Å². The summed E-state index contributed by atoms with van der Waals surface area (Å²) in [6.45, 7) is 1.51. The predicted octanol–water partition coefficient (Wildman–Crippen LogP) is 1.56. The van der Waals surface area contributed by atoms with Crippen molar-refractivity contribution in [2.75, 3.05) is 0 Å². The van der Waals surface area contributed by atoms with Crippen LogP contribution in [0.3, 0.4) is 0 Å².